The zero-order valence-corrected chi connectivity index (χ0v) is 12.1. The van der Waals surface area contributed by atoms with Crippen LogP contribution in [-0.2, 0) is 10.0 Å². The molecule has 1 aromatic rings. The second-order valence-corrected chi connectivity index (χ2v) is 7.01. The average molecular weight is 278 g/mol. The highest BCUT2D eigenvalue weighted by molar-refractivity contribution is 7.89. The molecule has 0 aliphatic carbocycles. The smallest absolute Gasteiger partial charge is 0.207 e. The summed E-state index contributed by atoms with van der Waals surface area (Å²) in [5.41, 5.74) is 1.68. The Balaban J connectivity index is 2.37. The highest BCUT2D eigenvalue weighted by Crippen LogP contribution is 2.25. The largest absolute Gasteiger partial charge is 0.243 e. The molecular formula is C14H18N2O2S. The van der Waals surface area contributed by atoms with Crippen LogP contribution in [0.2, 0.25) is 0 Å². The van der Waals surface area contributed by atoms with E-state index in [4.69, 9.17) is 5.26 Å². The molecule has 5 heteroatoms. The molecule has 4 nitrogen and oxygen atoms in total. The van der Waals surface area contributed by atoms with Gasteiger partial charge in [0, 0.05) is 13.1 Å². The molecule has 1 unspecified atom stereocenters. The van der Waals surface area contributed by atoms with Gasteiger partial charge < -0.3 is 0 Å². The van der Waals surface area contributed by atoms with Crippen molar-refractivity contribution in [1.29, 1.82) is 5.26 Å². The second kappa shape index (κ2) is 5.32. The molecule has 1 fully saturated rings. The molecule has 0 bridgehead atoms. The van der Waals surface area contributed by atoms with E-state index in [0.717, 1.165) is 24.0 Å². The summed E-state index contributed by atoms with van der Waals surface area (Å²) in [6.07, 6.45) is 1.54. The molecule has 19 heavy (non-hydrogen) atoms. The number of sulfonamides is 1. The summed E-state index contributed by atoms with van der Waals surface area (Å²) < 4.78 is 26.7. The molecule has 1 saturated heterocycles. The highest BCUT2D eigenvalue weighted by Gasteiger charge is 2.31. The fourth-order valence-electron chi connectivity index (χ4n) is 2.39. The third kappa shape index (κ3) is 2.80. The van der Waals surface area contributed by atoms with Gasteiger partial charge in [-0.25, -0.2) is 8.42 Å². The Morgan fingerprint density at radius 1 is 1.37 bits per heavy atom. The number of piperidine rings is 1. The summed E-state index contributed by atoms with van der Waals surface area (Å²) in [6, 6.07) is 7.62. The van der Waals surface area contributed by atoms with Gasteiger partial charge in [0.15, 0.2) is 0 Å². The zero-order valence-electron chi connectivity index (χ0n) is 11.3. The molecule has 102 valence electrons. The Morgan fingerprint density at radius 3 is 2.79 bits per heavy atom. The van der Waals surface area contributed by atoms with Gasteiger partial charge in [0.1, 0.15) is 0 Å². The van der Waals surface area contributed by atoms with Crippen molar-refractivity contribution in [3.05, 3.63) is 29.3 Å². The fourth-order valence-corrected chi connectivity index (χ4v) is 4.22. The van der Waals surface area contributed by atoms with Crippen molar-refractivity contribution in [3.8, 4) is 6.07 Å². The monoisotopic (exact) mass is 278 g/mol. The third-order valence-corrected chi connectivity index (χ3v) is 5.54. The standard InChI is InChI=1S/C14H18N2O2S/c1-11-5-6-12(2)14(8-11)19(17,18)16-7-3-4-13(9-15)10-16/h5-6,8,13H,3-4,7,10H2,1-2H3. The van der Waals surface area contributed by atoms with Crippen molar-refractivity contribution in [1.82, 2.24) is 4.31 Å². The van der Waals surface area contributed by atoms with Crippen LogP contribution in [0.3, 0.4) is 0 Å². The average Bonchev–Trinajstić information content (AvgIpc) is 2.41. The molecule has 0 N–H and O–H groups in total. The maximum absolute atomic E-state index is 12.6. The van der Waals surface area contributed by atoms with Crippen LogP contribution in [0.5, 0.6) is 0 Å². The lowest BCUT2D eigenvalue weighted by atomic mass is 10.0. The maximum Gasteiger partial charge on any atom is 0.243 e. The van der Waals surface area contributed by atoms with Crippen molar-refractivity contribution in [2.24, 2.45) is 5.92 Å². The van der Waals surface area contributed by atoms with Crippen LogP contribution >= 0.6 is 0 Å². The lowest BCUT2D eigenvalue weighted by Crippen LogP contribution is -2.39. The Bertz CT molecular complexity index is 617. The van der Waals surface area contributed by atoms with E-state index in [-0.39, 0.29) is 5.92 Å². The molecule has 0 spiro atoms. The van der Waals surface area contributed by atoms with Crippen LogP contribution in [0.15, 0.2) is 23.1 Å². The van der Waals surface area contributed by atoms with Crippen LogP contribution in [0.25, 0.3) is 0 Å². The van der Waals surface area contributed by atoms with Gasteiger partial charge in [0.2, 0.25) is 10.0 Å². The molecule has 1 atom stereocenters. The number of nitriles is 1. The van der Waals surface area contributed by atoms with Gasteiger partial charge in [0.25, 0.3) is 0 Å². The molecule has 1 heterocycles. The summed E-state index contributed by atoms with van der Waals surface area (Å²) in [5, 5.41) is 8.97. The molecular weight excluding hydrogens is 260 g/mol. The minimum Gasteiger partial charge on any atom is -0.207 e. The molecule has 0 radical (unpaired) electrons. The van der Waals surface area contributed by atoms with Gasteiger partial charge in [-0.15, -0.1) is 0 Å². The predicted octanol–water partition coefficient (Wildman–Crippen LogP) is 2.23. The number of benzene rings is 1. The van der Waals surface area contributed by atoms with Crippen molar-refractivity contribution >= 4 is 10.0 Å². The number of hydrogen-bond acceptors (Lipinski definition) is 3. The summed E-state index contributed by atoms with van der Waals surface area (Å²) in [5.74, 6) is -0.186. The van der Waals surface area contributed by atoms with Crippen LogP contribution in [0.4, 0.5) is 0 Å². The number of rotatable bonds is 2. The molecule has 0 aromatic heterocycles. The van der Waals surface area contributed by atoms with E-state index in [1.165, 1.54) is 4.31 Å². The normalized spacial score (nSPS) is 21.0. The Hall–Kier alpha value is -1.38. The lowest BCUT2D eigenvalue weighted by molar-refractivity contribution is 0.305. The molecule has 1 aliphatic rings. The summed E-state index contributed by atoms with van der Waals surface area (Å²) >= 11 is 0. The highest BCUT2D eigenvalue weighted by atomic mass is 32.2. The minimum atomic E-state index is -3.48. The third-order valence-electron chi connectivity index (χ3n) is 3.53. The van der Waals surface area contributed by atoms with Crippen molar-refractivity contribution in [3.63, 3.8) is 0 Å². The van der Waals surface area contributed by atoms with Gasteiger partial charge in [-0.1, -0.05) is 12.1 Å². The quantitative estimate of drug-likeness (QED) is 0.833. The van der Waals surface area contributed by atoms with Crippen molar-refractivity contribution < 1.29 is 8.42 Å². The topological polar surface area (TPSA) is 61.2 Å². The number of nitrogens with zero attached hydrogens (tertiary/aromatic N) is 2. The first kappa shape index (κ1) is 14.0. The van der Waals surface area contributed by atoms with Crippen molar-refractivity contribution in [2.75, 3.05) is 13.1 Å². The minimum absolute atomic E-state index is 0.186. The summed E-state index contributed by atoms with van der Waals surface area (Å²) in [7, 11) is -3.48. The van der Waals surface area contributed by atoms with E-state index in [2.05, 4.69) is 6.07 Å². The van der Waals surface area contributed by atoms with Crippen molar-refractivity contribution in [2.45, 2.75) is 31.6 Å². The Morgan fingerprint density at radius 2 is 2.11 bits per heavy atom. The number of hydrogen-bond donors (Lipinski definition) is 0. The number of aryl methyl sites for hydroxylation is 2. The molecule has 0 amide bonds. The Kier molecular flexibility index (Phi) is 3.93. The zero-order chi connectivity index (χ0) is 14.0. The second-order valence-electron chi connectivity index (χ2n) is 5.10. The summed E-state index contributed by atoms with van der Waals surface area (Å²) in [6.45, 7) is 4.50. The van der Waals surface area contributed by atoms with Gasteiger partial charge in [-0.3, -0.25) is 0 Å². The van der Waals surface area contributed by atoms with E-state index in [0.29, 0.717) is 18.0 Å². The van der Waals surface area contributed by atoms with E-state index in [1.807, 2.05) is 19.1 Å². The van der Waals surface area contributed by atoms with Gasteiger partial charge in [-0.05, 0) is 43.9 Å². The first-order chi connectivity index (χ1) is 8.95. The van der Waals surface area contributed by atoms with Crippen LogP contribution in [0, 0.1) is 31.1 Å². The predicted molar refractivity (Wildman–Crippen MR) is 73.0 cm³/mol. The van der Waals surface area contributed by atoms with Crippen LogP contribution in [-0.4, -0.2) is 25.8 Å². The van der Waals surface area contributed by atoms with E-state index >= 15 is 0 Å². The SMILES string of the molecule is Cc1ccc(C)c(S(=O)(=O)N2CCCC(C#N)C2)c1. The van der Waals surface area contributed by atoms with Gasteiger partial charge in [0.05, 0.1) is 16.9 Å². The van der Waals surface area contributed by atoms with E-state index < -0.39 is 10.0 Å². The Labute approximate surface area is 114 Å². The van der Waals surface area contributed by atoms with Crippen LogP contribution < -0.4 is 0 Å². The first-order valence-electron chi connectivity index (χ1n) is 6.42. The molecule has 1 aliphatic heterocycles. The van der Waals surface area contributed by atoms with Gasteiger partial charge in [-0.2, -0.15) is 9.57 Å². The maximum atomic E-state index is 12.6. The van der Waals surface area contributed by atoms with E-state index in [9.17, 15) is 8.42 Å². The molecule has 2 rings (SSSR count). The summed E-state index contributed by atoms with van der Waals surface area (Å²) in [4.78, 5) is 0.367. The lowest BCUT2D eigenvalue weighted by Gasteiger charge is -2.29. The molecule has 1 aromatic carbocycles. The molecule has 0 saturated carbocycles. The first-order valence-corrected chi connectivity index (χ1v) is 7.86. The van der Waals surface area contributed by atoms with Crippen LogP contribution in [0.1, 0.15) is 24.0 Å². The fraction of sp³-hybridized carbons (Fsp3) is 0.500. The van der Waals surface area contributed by atoms with Gasteiger partial charge >= 0.3 is 0 Å². The van der Waals surface area contributed by atoms with E-state index in [1.54, 1.807) is 13.0 Å².